The fourth-order valence-corrected chi connectivity index (χ4v) is 6.70. The van der Waals surface area contributed by atoms with Gasteiger partial charge in [0, 0.05) is 24.7 Å². The van der Waals surface area contributed by atoms with Crippen LogP contribution in [0.2, 0.25) is 0 Å². The highest BCUT2D eigenvalue weighted by molar-refractivity contribution is 5.96. The van der Waals surface area contributed by atoms with Gasteiger partial charge in [-0.3, -0.25) is 14.6 Å². The molecule has 1 unspecified atom stereocenters. The molecule has 0 bridgehead atoms. The van der Waals surface area contributed by atoms with Crippen molar-refractivity contribution in [3.63, 3.8) is 0 Å². The van der Waals surface area contributed by atoms with Crippen LogP contribution in [0.25, 0.3) is 11.3 Å². The lowest BCUT2D eigenvalue weighted by atomic mass is 9.85. The minimum absolute atomic E-state index is 0.0986. The maximum absolute atomic E-state index is 13.2. The second-order valence-electron chi connectivity index (χ2n) is 13.6. The zero-order chi connectivity index (χ0) is 33.8. The molecule has 6 rings (SSSR count). The third-order valence-electron chi connectivity index (χ3n) is 9.08. The van der Waals surface area contributed by atoms with E-state index in [-0.39, 0.29) is 17.9 Å². The van der Waals surface area contributed by atoms with Crippen LogP contribution >= 0.6 is 0 Å². The quantitative estimate of drug-likeness (QED) is 0.180. The number of rotatable bonds is 8. The number of aromatic nitrogens is 2. The van der Waals surface area contributed by atoms with Crippen LogP contribution in [0, 0.1) is 0 Å². The third kappa shape index (κ3) is 7.54. The number of H-pyrrole nitrogens is 1. The molecule has 0 radical (unpaired) electrons. The van der Waals surface area contributed by atoms with Crippen molar-refractivity contribution in [1.29, 1.82) is 0 Å². The lowest BCUT2D eigenvalue weighted by Crippen LogP contribution is -2.45. The summed E-state index contributed by atoms with van der Waals surface area (Å²) in [5.41, 5.74) is 5.39. The van der Waals surface area contributed by atoms with Crippen LogP contribution in [0.4, 0.5) is 15.3 Å². The Morgan fingerprint density at radius 2 is 1.58 bits per heavy atom. The Kier molecular flexibility index (Phi) is 9.52. The molecule has 0 saturated carbocycles. The number of ether oxygens (including phenoxy) is 1. The van der Waals surface area contributed by atoms with Gasteiger partial charge in [0.2, 0.25) is 5.91 Å². The number of nitrogens with zero attached hydrogens (tertiary/aromatic N) is 3. The first-order valence-corrected chi connectivity index (χ1v) is 16.6. The summed E-state index contributed by atoms with van der Waals surface area (Å²) in [7, 11) is 0. The van der Waals surface area contributed by atoms with Crippen LogP contribution in [0.1, 0.15) is 80.9 Å². The molecular formula is C38H43N5O5. The minimum atomic E-state index is -0.915. The number of carboxylic acid groups (broad SMARTS) is 1. The fraction of sp³-hybridized carbons (Fsp3) is 0.368. The second kappa shape index (κ2) is 13.9. The fourth-order valence-electron chi connectivity index (χ4n) is 6.70. The summed E-state index contributed by atoms with van der Waals surface area (Å²) in [4.78, 5) is 48.4. The molecule has 250 valence electrons. The molecule has 3 atom stereocenters. The molecule has 1 aromatic heterocycles. The van der Waals surface area contributed by atoms with E-state index >= 15 is 0 Å². The molecule has 2 aliphatic rings. The summed E-state index contributed by atoms with van der Waals surface area (Å²) < 4.78 is 5.52. The Morgan fingerprint density at radius 1 is 0.917 bits per heavy atom. The summed E-state index contributed by atoms with van der Waals surface area (Å²) in [5.74, 6) is 0.570. The highest BCUT2D eigenvalue weighted by Gasteiger charge is 2.37. The zero-order valence-corrected chi connectivity index (χ0v) is 27.7. The Morgan fingerprint density at radius 3 is 2.27 bits per heavy atom. The van der Waals surface area contributed by atoms with Gasteiger partial charge in [-0.15, -0.1) is 0 Å². The second-order valence-corrected chi connectivity index (χ2v) is 13.6. The number of hydrogen-bond donors (Lipinski definition) is 3. The SMILES string of the molecule is CC(C)(C)OC(=O)N1CCC[C@@H]1C(=O)Nc1ccc(CC(c2ccccc2)c2ccc(-c3cnc([C@@H]4CCCN4C(=O)O)[nH]3)cc2)cc1. The molecule has 2 aliphatic heterocycles. The average Bonchev–Trinajstić information content (AvgIpc) is 3.85. The van der Waals surface area contributed by atoms with Gasteiger partial charge in [-0.25, -0.2) is 14.6 Å². The van der Waals surface area contributed by atoms with Crippen molar-refractivity contribution in [3.8, 4) is 11.3 Å². The lowest BCUT2D eigenvalue weighted by molar-refractivity contribution is -0.120. The lowest BCUT2D eigenvalue weighted by Gasteiger charge is -2.28. The van der Waals surface area contributed by atoms with E-state index in [9.17, 15) is 19.5 Å². The van der Waals surface area contributed by atoms with Crippen LogP contribution in [0.5, 0.6) is 0 Å². The molecule has 3 amide bonds. The Bertz CT molecular complexity index is 1730. The van der Waals surface area contributed by atoms with Crippen LogP contribution in [0.3, 0.4) is 0 Å². The number of imidazole rings is 1. The highest BCUT2D eigenvalue weighted by Crippen LogP contribution is 2.33. The molecule has 3 heterocycles. The Balaban J connectivity index is 1.14. The van der Waals surface area contributed by atoms with Crippen LogP contribution in [-0.4, -0.2) is 67.7 Å². The molecule has 10 heteroatoms. The number of nitrogens with one attached hydrogen (secondary N) is 2. The van der Waals surface area contributed by atoms with Crippen LogP contribution < -0.4 is 5.32 Å². The predicted octanol–water partition coefficient (Wildman–Crippen LogP) is 7.60. The molecule has 0 spiro atoms. The van der Waals surface area contributed by atoms with Crippen LogP contribution in [0.15, 0.2) is 85.1 Å². The van der Waals surface area contributed by atoms with Gasteiger partial charge >= 0.3 is 12.2 Å². The van der Waals surface area contributed by atoms with Gasteiger partial charge in [0.05, 0.1) is 17.9 Å². The van der Waals surface area contributed by atoms with Crippen molar-refractivity contribution >= 4 is 23.8 Å². The smallest absolute Gasteiger partial charge is 0.410 e. The van der Waals surface area contributed by atoms with Gasteiger partial charge in [0.15, 0.2) is 0 Å². The summed E-state index contributed by atoms with van der Waals surface area (Å²) in [6, 6.07) is 25.9. The maximum Gasteiger partial charge on any atom is 0.410 e. The van der Waals surface area contributed by atoms with Crippen molar-refractivity contribution < 1.29 is 24.2 Å². The largest absolute Gasteiger partial charge is 0.465 e. The van der Waals surface area contributed by atoms with Gasteiger partial charge < -0.3 is 20.1 Å². The molecule has 48 heavy (non-hydrogen) atoms. The number of likely N-dealkylation sites (tertiary alicyclic amines) is 2. The standard InChI is InChI=1S/C38H43N5O5/c1-38(2,3)48-37(47)43-22-8-12-33(43)35(44)40-29-19-13-25(14-20-29)23-30(26-9-5-4-6-10-26)27-15-17-28(18-16-27)31-24-39-34(41-31)32-11-7-21-42(32)36(45)46/h4-6,9-10,13-20,24,30,32-33H,7-8,11-12,21-23H2,1-3H3,(H,39,41)(H,40,44)(H,45,46)/t30?,32-,33+/m0/s1. The zero-order valence-electron chi connectivity index (χ0n) is 27.7. The monoisotopic (exact) mass is 649 g/mol. The summed E-state index contributed by atoms with van der Waals surface area (Å²) in [6.07, 6.45) is 4.11. The molecule has 3 N–H and O–H groups in total. The summed E-state index contributed by atoms with van der Waals surface area (Å²) in [5, 5.41) is 12.5. The Labute approximate surface area is 281 Å². The first kappa shape index (κ1) is 32.8. The van der Waals surface area contributed by atoms with E-state index in [1.165, 1.54) is 20.9 Å². The Hall–Kier alpha value is -5.12. The molecule has 10 nitrogen and oxygen atoms in total. The number of benzene rings is 3. The third-order valence-corrected chi connectivity index (χ3v) is 9.08. The number of anilines is 1. The van der Waals surface area contributed by atoms with Crippen molar-refractivity contribution in [2.75, 3.05) is 18.4 Å². The van der Waals surface area contributed by atoms with Crippen LogP contribution in [-0.2, 0) is 16.0 Å². The summed E-state index contributed by atoms with van der Waals surface area (Å²) >= 11 is 0. The average molecular weight is 650 g/mol. The van der Waals surface area contributed by atoms with E-state index < -0.39 is 23.8 Å². The van der Waals surface area contributed by atoms with Crippen molar-refractivity contribution in [2.24, 2.45) is 0 Å². The molecule has 4 aromatic rings. The highest BCUT2D eigenvalue weighted by atomic mass is 16.6. The predicted molar refractivity (Wildman–Crippen MR) is 184 cm³/mol. The first-order valence-electron chi connectivity index (χ1n) is 16.6. The molecule has 2 saturated heterocycles. The topological polar surface area (TPSA) is 128 Å². The number of carbonyl (C=O) groups excluding carboxylic acids is 2. The number of carbonyl (C=O) groups is 3. The maximum atomic E-state index is 13.2. The minimum Gasteiger partial charge on any atom is -0.465 e. The van der Waals surface area contributed by atoms with Gasteiger partial charge in [-0.2, -0.15) is 0 Å². The number of amides is 3. The van der Waals surface area contributed by atoms with Gasteiger partial charge in [-0.05, 0) is 87.3 Å². The van der Waals surface area contributed by atoms with E-state index in [2.05, 4.69) is 63.8 Å². The number of aromatic amines is 1. The van der Waals surface area contributed by atoms with Gasteiger partial charge in [-0.1, -0.05) is 66.7 Å². The number of hydrogen-bond acceptors (Lipinski definition) is 5. The van der Waals surface area contributed by atoms with Crippen molar-refractivity contribution in [2.45, 2.75) is 76.5 Å². The van der Waals surface area contributed by atoms with E-state index in [1.54, 1.807) is 6.20 Å². The molecular weight excluding hydrogens is 606 g/mol. The van der Waals surface area contributed by atoms with Crippen molar-refractivity contribution in [3.05, 3.63) is 108 Å². The van der Waals surface area contributed by atoms with Crippen molar-refractivity contribution in [1.82, 2.24) is 19.8 Å². The van der Waals surface area contributed by atoms with E-state index in [1.807, 2.05) is 51.1 Å². The van der Waals surface area contributed by atoms with E-state index in [0.717, 1.165) is 42.5 Å². The molecule has 3 aromatic carbocycles. The normalized spacial score (nSPS) is 18.5. The molecule has 2 fully saturated rings. The van der Waals surface area contributed by atoms with Gasteiger partial charge in [0.25, 0.3) is 0 Å². The van der Waals surface area contributed by atoms with E-state index in [4.69, 9.17) is 4.74 Å². The molecule has 0 aliphatic carbocycles. The first-order chi connectivity index (χ1) is 23.1. The summed E-state index contributed by atoms with van der Waals surface area (Å²) in [6.45, 7) is 6.49. The van der Waals surface area contributed by atoms with Gasteiger partial charge in [0.1, 0.15) is 17.5 Å². The van der Waals surface area contributed by atoms with E-state index in [0.29, 0.717) is 31.0 Å².